The number of amides is 1. The number of nitrogens with one attached hydrogen (secondary N) is 1. The van der Waals surface area contributed by atoms with E-state index in [1.54, 1.807) is 10.6 Å². The van der Waals surface area contributed by atoms with Gasteiger partial charge in [0.05, 0.1) is 0 Å². The SMILES string of the molecule is CCN(CC)c1ccc(NC(=O)c2cc(Br)cn2C)cc1. The van der Waals surface area contributed by atoms with Crippen LogP contribution in [0.5, 0.6) is 0 Å². The first kappa shape index (κ1) is 15.6. The zero-order valence-electron chi connectivity index (χ0n) is 12.6. The first-order chi connectivity index (χ1) is 10.0. The second kappa shape index (κ2) is 6.80. The summed E-state index contributed by atoms with van der Waals surface area (Å²) in [5, 5.41) is 2.92. The molecular formula is C16H20BrN3O. The molecule has 1 aromatic carbocycles. The number of nitrogens with zero attached hydrogens (tertiary/aromatic N) is 2. The van der Waals surface area contributed by atoms with Gasteiger partial charge in [0.25, 0.3) is 5.91 Å². The van der Waals surface area contributed by atoms with Gasteiger partial charge in [0.2, 0.25) is 0 Å². The van der Waals surface area contributed by atoms with Crippen LogP contribution in [0.25, 0.3) is 0 Å². The molecule has 1 aromatic heterocycles. The van der Waals surface area contributed by atoms with Crippen LogP contribution in [0.1, 0.15) is 24.3 Å². The number of aromatic nitrogens is 1. The normalized spacial score (nSPS) is 10.5. The second-order valence-corrected chi connectivity index (χ2v) is 5.74. The third-order valence-electron chi connectivity index (χ3n) is 3.46. The number of hydrogen-bond acceptors (Lipinski definition) is 2. The molecule has 4 nitrogen and oxygen atoms in total. The zero-order chi connectivity index (χ0) is 15.4. The maximum Gasteiger partial charge on any atom is 0.272 e. The summed E-state index contributed by atoms with van der Waals surface area (Å²) in [5.74, 6) is -0.112. The Hall–Kier alpha value is -1.75. The summed E-state index contributed by atoms with van der Waals surface area (Å²) in [5.41, 5.74) is 2.59. The van der Waals surface area contributed by atoms with Gasteiger partial charge in [-0.25, -0.2) is 0 Å². The topological polar surface area (TPSA) is 37.3 Å². The van der Waals surface area contributed by atoms with Crippen molar-refractivity contribution in [2.45, 2.75) is 13.8 Å². The fourth-order valence-corrected chi connectivity index (χ4v) is 2.81. The molecule has 21 heavy (non-hydrogen) atoms. The van der Waals surface area contributed by atoms with Crippen LogP contribution in [-0.4, -0.2) is 23.6 Å². The molecule has 1 heterocycles. The first-order valence-corrected chi connectivity index (χ1v) is 7.82. The lowest BCUT2D eigenvalue weighted by molar-refractivity contribution is 0.101. The van der Waals surface area contributed by atoms with Crippen molar-refractivity contribution in [3.63, 3.8) is 0 Å². The molecule has 2 aromatic rings. The average molecular weight is 350 g/mol. The minimum Gasteiger partial charge on any atom is -0.372 e. The van der Waals surface area contributed by atoms with Gasteiger partial charge in [-0.2, -0.15) is 0 Å². The lowest BCUT2D eigenvalue weighted by atomic mass is 10.2. The number of rotatable bonds is 5. The Morgan fingerprint density at radius 2 is 1.86 bits per heavy atom. The van der Waals surface area contributed by atoms with Gasteiger partial charge in [-0.3, -0.25) is 4.79 Å². The second-order valence-electron chi connectivity index (χ2n) is 4.83. The minimum atomic E-state index is -0.112. The van der Waals surface area contributed by atoms with E-state index in [9.17, 15) is 4.79 Å². The van der Waals surface area contributed by atoms with Gasteiger partial charge in [0, 0.05) is 42.2 Å². The largest absolute Gasteiger partial charge is 0.372 e. The van der Waals surface area contributed by atoms with E-state index in [2.05, 4.69) is 40.0 Å². The molecule has 2 rings (SSSR count). The first-order valence-electron chi connectivity index (χ1n) is 7.03. The van der Waals surface area contributed by atoms with E-state index in [0.29, 0.717) is 5.69 Å². The predicted octanol–water partition coefficient (Wildman–Crippen LogP) is 3.89. The molecule has 1 N–H and O–H groups in total. The standard InChI is InChI=1S/C16H20BrN3O/c1-4-20(5-2)14-8-6-13(7-9-14)18-16(21)15-10-12(17)11-19(15)3/h6-11H,4-5H2,1-3H3,(H,18,21). The summed E-state index contributed by atoms with van der Waals surface area (Å²) in [6.07, 6.45) is 1.86. The lowest BCUT2D eigenvalue weighted by Crippen LogP contribution is -2.21. The maximum atomic E-state index is 12.2. The minimum absolute atomic E-state index is 0.112. The summed E-state index contributed by atoms with van der Waals surface area (Å²) < 4.78 is 2.69. The van der Waals surface area contributed by atoms with E-state index in [-0.39, 0.29) is 5.91 Å². The van der Waals surface area contributed by atoms with Crippen LogP contribution in [0.4, 0.5) is 11.4 Å². The Balaban J connectivity index is 2.10. The van der Waals surface area contributed by atoms with E-state index in [4.69, 9.17) is 0 Å². The molecular weight excluding hydrogens is 330 g/mol. The number of halogens is 1. The maximum absolute atomic E-state index is 12.2. The monoisotopic (exact) mass is 349 g/mol. The van der Waals surface area contributed by atoms with Gasteiger partial charge in [0.15, 0.2) is 0 Å². The van der Waals surface area contributed by atoms with Crippen LogP contribution >= 0.6 is 15.9 Å². The van der Waals surface area contributed by atoms with Crippen molar-refractivity contribution < 1.29 is 4.79 Å². The van der Waals surface area contributed by atoms with Crippen molar-refractivity contribution in [3.05, 3.63) is 46.7 Å². The quantitative estimate of drug-likeness (QED) is 0.888. The van der Waals surface area contributed by atoms with Gasteiger partial charge in [0.1, 0.15) is 5.69 Å². The van der Waals surface area contributed by atoms with Crippen molar-refractivity contribution in [1.29, 1.82) is 0 Å². The fourth-order valence-electron chi connectivity index (χ4n) is 2.29. The van der Waals surface area contributed by atoms with Gasteiger partial charge >= 0.3 is 0 Å². The molecule has 0 atom stereocenters. The highest BCUT2D eigenvalue weighted by Gasteiger charge is 2.11. The molecule has 0 bridgehead atoms. The van der Waals surface area contributed by atoms with Crippen LogP contribution in [0, 0.1) is 0 Å². The number of anilines is 2. The lowest BCUT2D eigenvalue weighted by Gasteiger charge is -2.21. The van der Waals surface area contributed by atoms with E-state index < -0.39 is 0 Å². The van der Waals surface area contributed by atoms with Crippen molar-refractivity contribution in [2.24, 2.45) is 7.05 Å². The van der Waals surface area contributed by atoms with Crippen LogP contribution in [0.15, 0.2) is 41.0 Å². The Kier molecular flexibility index (Phi) is 5.07. The number of benzene rings is 1. The Morgan fingerprint density at radius 1 is 1.24 bits per heavy atom. The smallest absolute Gasteiger partial charge is 0.272 e. The zero-order valence-corrected chi connectivity index (χ0v) is 14.1. The molecule has 0 spiro atoms. The molecule has 0 saturated heterocycles. The highest BCUT2D eigenvalue weighted by molar-refractivity contribution is 9.10. The van der Waals surface area contributed by atoms with Gasteiger partial charge < -0.3 is 14.8 Å². The van der Waals surface area contributed by atoms with Crippen molar-refractivity contribution in [1.82, 2.24) is 4.57 Å². The van der Waals surface area contributed by atoms with E-state index in [1.807, 2.05) is 37.5 Å². The van der Waals surface area contributed by atoms with E-state index in [0.717, 1.165) is 23.2 Å². The average Bonchev–Trinajstić information content (AvgIpc) is 2.81. The van der Waals surface area contributed by atoms with Crippen LogP contribution in [0.3, 0.4) is 0 Å². The number of aryl methyl sites for hydroxylation is 1. The third kappa shape index (κ3) is 3.67. The number of hydrogen-bond donors (Lipinski definition) is 1. The number of carbonyl (C=O) groups is 1. The summed E-state index contributed by atoms with van der Waals surface area (Å²) in [6.45, 7) is 6.21. The summed E-state index contributed by atoms with van der Waals surface area (Å²) in [4.78, 5) is 14.5. The molecule has 0 fully saturated rings. The Bertz CT molecular complexity index is 615. The number of carbonyl (C=O) groups excluding carboxylic acids is 1. The van der Waals surface area contributed by atoms with Crippen LogP contribution in [-0.2, 0) is 7.05 Å². The molecule has 0 unspecified atom stereocenters. The summed E-state index contributed by atoms with van der Waals surface area (Å²) in [6, 6.07) is 9.74. The van der Waals surface area contributed by atoms with Crippen LogP contribution < -0.4 is 10.2 Å². The molecule has 1 amide bonds. The predicted molar refractivity (Wildman–Crippen MR) is 91.1 cm³/mol. The summed E-state index contributed by atoms with van der Waals surface area (Å²) in [7, 11) is 1.85. The van der Waals surface area contributed by atoms with Gasteiger partial charge in [-0.1, -0.05) is 0 Å². The third-order valence-corrected chi connectivity index (χ3v) is 3.89. The highest BCUT2D eigenvalue weighted by Crippen LogP contribution is 2.19. The van der Waals surface area contributed by atoms with Gasteiger partial charge in [-0.05, 0) is 60.1 Å². The van der Waals surface area contributed by atoms with Crippen molar-refractivity contribution >= 4 is 33.2 Å². The van der Waals surface area contributed by atoms with E-state index in [1.165, 1.54) is 5.69 Å². The highest BCUT2D eigenvalue weighted by atomic mass is 79.9. The molecule has 0 aliphatic rings. The van der Waals surface area contributed by atoms with Crippen molar-refractivity contribution in [3.8, 4) is 0 Å². The molecule has 0 saturated carbocycles. The Labute approximate surface area is 133 Å². The van der Waals surface area contributed by atoms with Gasteiger partial charge in [-0.15, -0.1) is 0 Å². The molecule has 0 aliphatic carbocycles. The van der Waals surface area contributed by atoms with Crippen LogP contribution in [0.2, 0.25) is 0 Å². The fraction of sp³-hybridized carbons (Fsp3) is 0.312. The molecule has 0 radical (unpaired) electrons. The molecule has 0 aliphatic heterocycles. The molecule has 5 heteroatoms. The van der Waals surface area contributed by atoms with Crippen molar-refractivity contribution in [2.75, 3.05) is 23.3 Å². The molecule has 112 valence electrons. The summed E-state index contributed by atoms with van der Waals surface area (Å²) >= 11 is 3.37. The van der Waals surface area contributed by atoms with E-state index >= 15 is 0 Å². The Morgan fingerprint density at radius 3 is 2.33 bits per heavy atom.